The van der Waals surface area contributed by atoms with E-state index in [-0.39, 0.29) is 23.1 Å². The average Bonchev–Trinajstić information content (AvgIpc) is 1.87. The van der Waals surface area contributed by atoms with E-state index in [0.717, 1.165) is 6.26 Å². The Labute approximate surface area is 108 Å². The van der Waals surface area contributed by atoms with Crippen molar-refractivity contribution in [3.8, 4) is 17.1 Å². The van der Waals surface area contributed by atoms with Gasteiger partial charge in [-0.1, -0.05) is 10.8 Å². The van der Waals surface area contributed by atoms with E-state index >= 15 is 0 Å². The molecule has 1 N–H and O–H groups in total. The second-order valence-electron chi connectivity index (χ2n) is 0.785. The van der Waals surface area contributed by atoms with Crippen LogP contribution < -0.4 is 0 Å². The SMILES string of the molecule is N#COS(=O)(=O)O.N#C[S-].N#C[S-].[Mg+2]. The van der Waals surface area contributed by atoms with Gasteiger partial charge in [-0.05, 0) is 0 Å². The van der Waals surface area contributed by atoms with Crippen molar-refractivity contribution < 1.29 is 17.2 Å². The molecule has 0 saturated heterocycles. The molecule has 0 aromatic heterocycles. The van der Waals surface area contributed by atoms with Crippen LogP contribution in [-0.2, 0) is 39.8 Å². The minimum Gasteiger partial charge on any atom is -0.696 e. The third-order valence-corrected chi connectivity index (χ3v) is 0.428. The predicted molar refractivity (Wildman–Crippen MR) is 50.0 cm³/mol. The summed E-state index contributed by atoms with van der Waals surface area (Å²) in [7, 11) is -4.54. The van der Waals surface area contributed by atoms with Crippen LogP contribution in [0.4, 0.5) is 0 Å². The Kier molecular flexibility index (Phi) is 30.3. The van der Waals surface area contributed by atoms with Crippen molar-refractivity contribution in [1.82, 2.24) is 0 Å². The Morgan fingerprint density at radius 3 is 1.36 bits per heavy atom. The fourth-order valence-corrected chi connectivity index (χ4v) is 0.141. The number of rotatable bonds is 1. The molecule has 0 unspecified atom stereocenters. The van der Waals surface area contributed by atoms with Gasteiger partial charge in [-0.25, -0.2) is 10.5 Å². The van der Waals surface area contributed by atoms with E-state index in [2.05, 4.69) is 29.4 Å². The molecule has 0 bridgehead atoms. The first-order chi connectivity index (χ1) is 5.89. The second kappa shape index (κ2) is 18.2. The van der Waals surface area contributed by atoms with Gasteiger partial charge in [-0.2, -0.15) is 8.42 Å². The second-order valence-corrected chi connectivity index (χ2v) is 2.17. The first kappa shape index (κ1) is 23.3. The first-order valence-corrected chi connectivity index (χ1v) is 4.15. The van der Waals surface area contributed by atoms with Crippen LogP contribution in [0.2, 0.25) is 0 Å². The third kappa shape index (κ3) is 107. The summed E-state index contributed by atoms with van der Waals surface area (Å²) < 4.78 is 29.3. The van der Waals surface area contributed by atoms with E-state index in [1.165, 1.54) is 10.8 Å². The molecule has 0 saturated carbocycles. The number of thiocyanates is 2. The monoisotopic (exact) mass is 263 g/mol. The number of hydrogen-bond donors (Lipinski definition) is 1. The van der Waals surface area contributed by atoms with Gasteiger partial charge >= 0.3 is 39.7 Å². The zero-order valence-corrected chi connectivity index (χ0v) is 10.3. The van der Waals surface area contributed by atoms with Gasteiger partial charge in [0.1, 0.15) is 0 Å². The maximum Gasteiger partial charge on any atom is 2.00 e. The van der Waals surface area contributed by atoms with Crippen LogP contribution in [0.5, 0.6) is 0 Å². The van der Waals surface area contributed by atoms with Crippen LogP contribution in [-0.4, -0.2) is 36.0 Å². The molecule has 0 aliphatic heterocycles. The summed E-state index contributed by atoms with van der Waals surface area (Å²) in [5.41, 5.74) is 0. The zero-order valence-electron chi connectivity index (χ0n) is 6.45. The molecule has 0 aliphatic carbocycles. The molecule has 14 heavy (non-hydrogen) atoms. The fraction of sp³-hybridized carbons (Fsp3) is 0. The summed E-state index contributed by atoms with van der Waals surface area (Å²) in [6.45, 7) is 0. The summed E-state index contributed by atoms with van der Waals surface area (Å²) in [4.78, 5) is 0. The summed E-state index contributed by atoms with van der Waals surface area (Å²) >= 11 is 7.40. The summed E-state index contributed by atoms with van der Waals surface area (Å²) in [6.07, 6.45) is 0.770. The van der Waals surface area contributed by atoms with Gasteiger partial charge in [0, 0.05) is 0 Å². The molecule has 0 aliphatic rings. The summed E-state index contributed by atoms with van der Waals surface area (Å²) in [5.74, 6) is 0. The van der Waals surface area contributed by atoms with Crippen LogP contribution in [0, 0.1) is 32.8 Å². The zero-order chi connectivity index (χ0) is 11.3. The fourth-order valence-electron chi connectivity index (χ4n) is 0.0471. The smallest absolute Gasteiger partial charge is 0.696 e. The Hall–Kier alpha value is -0.614. The topological polar surface area (TPSA) is 135 Å². The normalized spacial score (nSPS) is 5.86. The van der Waals surface area contributed by atoms with E-state index in [1.54, 1.807) is 0 Å². The van der Waals surface area contributed by atoms with Crippen molar-refractivity contribution in [2.24, 2.45) is 0 Å². The van der Waals surface area contributed by atoms with Crippen LogP contribution in [0.15, 0.2) is 0 Å². The van der Waals surface area contributed by atoms with Gasteiger partial charge in [-0.3, -0.25) is 8.74 Å². The van der Waals surface area contributed by atoms with Crippen LogP contribution in [0.25, 0.3) is 0 Å². The Bertz CT molecular complexity index is 310. The molecule has 0 aromatic rings. The van der Waals surface area contributed by atoms with Gasteiger partial charge in [0.15, 0.2) is 0 Å². The van der Waals surface area contributed by atoms with Crippen LogP contribution >= 0.6 is 0 Å². The van der Waals surface area contributed by atoms with E-state index < -0.39 is 10.4 Å². The number of nitrogens with zero attached hydrogens (tertiary/aromatic N) is 3. The van der Waals surface area contributed by atoms with Gasteiger partial charge in [0.25, 0.3) is 0 Å². The van der Waals surface area contributed by atoms with E-state index in [4.69, 9.17) is 20.3 Å². The van der Waals surface area contributed by atoms with E-state index in [1.807, 2.05) is 0 Å². The first-order valence-electron chi connectivity index (χ1n) is 1.97. The van der Waals surface area contributed by atoms with Crippen molar-refractivity contribution in [1.29, 1.82) is 15.8 Å². The molecule has 0 spiro atoms. The van der Waals surface area contributed by atoms with Gasteiger partial charge < -0.3 is 25.3 Å². The molecule has 0 heterocycles. The quantitative estimate of drug-likeness (QED) is 0.271. The molecule has 0 rings (SSSR count). The molecule has 11 heteroatoms. The summed E-state index contributed by atoms with van der Waals surface area (Å²) in [5, 5.41) is 24.3. The van der Waals surface area contributed by atoms with E-state index in [9.17, 15) is 8.42 Å². The van der Waals surface area contributed by atoms with Gasteiger partial charge in [0.2, 0.25) is 0 Å². The number of hydrogen-bond acceptors (Lipinski definition) is 8. The minimum absolute atomic E-state index is 0. The van der Waals surface area contributed by atoms with Gasteiger partial charge in [-0.15, -0.1) is 5.26 Å². The van der Waals surface area contributed by atoms with Crippen LogP contribution in [0.1, 0.15) is 0 Å². The van der Waals surface area contributed by atoms with E-state index in [0.29, 0.717) is 0 Å². The minimum atomic E-state index is -4.54. The van der Waals surface area contributed by atoms with Crippen molar-refractivity contribution in [3.63, 3.8) is 0 Å². The van der Waals surface area contributed by atoms with Crippen molar-refractivity contribution in [2.45, 2.75) is 0 Å². The van der Waals surface area contributed by atoms with Crippen molar-refractivity contribution in [3.05, 3.63) is 0 Å². The molecule has 0 fully saturated rings. The molecule has 7 nitrogen and oxygen atoms in total. The third-order valence-electron chi connectivity index (χ3n) is 0.143. The Morgan fingerprint density at radius 1 is 1.14 bits per heavy atom. The molecule has 72 valence electrons. The summed E-state index contributed by atoms with van der Waals surface area (Å²) in [6, 6.07) is 0. The average molecular weight is 264 g/mol. The number of nitriles is 3. The molecule has 0 atom stereocenters. The predicted octanol–water partition coefficient (Wildman–Crippen LogP) is -1.07. The molecular formula is C3HMgN3O4S3. The standard InChI is InChI=1S/CHNO4S.2CHNS.Mg/c2-1-6-7(3,4)5;2*2-1-3;/h(H,3,4,5);2*3H;/q;;;+2/p-2. The van der Waals surface area contributed by atoms with Gasteiger partial charge in [0.05, 0.1) is 0 Å². The molecular weight excluding hydrogens is 263 g/mol. The molecule has 0 radical (unpaired) electrons. The molecule has 0 amide bonds. The Balaban J connectivity index is -0.0000000610. The molecule has 0 aromatic carbocycles. The Morgan fingerprint density at radius 2 is 1.36 bits per heavy atom. The van der Waals surface area contributed by atoms with Crippen LogP contribution in [0.3, 0.4) is 0 Å². The van der Waals surface area contributed by atoms with Crippen molar-refractivity contribution in [2.75, 3.05) is 0 Å². The maximum absolute atomic E-state index is 9.34. The van der Waals surface area contributed by atoms with Crippen molar-refractivity contribution >= 4 is 58.7 Å². The maximum atomic E-state index is 9.34. The largest absolute Gasteiger partial charge is 2.00 e.